The summed E-state index contributed by atoms with van der Waals surface area (Å²) in [4.78, 5) is 25.2. The molecule has 1 aliphatic heterocycles. The van der Waals surface area contributed by atoms with Gasteiger partial charge in [-0.3, -0.25) is 0 Å². The molecular weight excluding hydrogens is 547 g/mol. The Bertz CT molecular complexity index is 1120. The van der Waals surface area contributed by atoms with Crippen LogP contribution in [-0.4, -0.2) is 56.9 Å². The van der Waals surface area contributed by atoms with Crippen LogP contribution in [0.3, 0.4) is 0 Å². The van der Waals surface area contributed by atoms with Crippen molar-refractivity contribution in [2.24, 2.45) is 40.9 Å². The van der Waals surface area contributed by atoms with Crippen molar-refractivity contribution in [3.63, 3.8) is 0 Å². The number of fused-ring (bicyclic) bond motifs is 6. The van der Waals surface area contributed by atoms with E-state index in [9.17, 15) is 14.7 Å². The monoisotopic (exact) mass is 590 g/mol. The van der Waals surface area contributed by atoms with Crippen molar-refractivity contribution in [3.05, 3.63) is 24.3 Å². The van der Waals surface area contributed by atoms with Gasteiger partial charge in [0.15, 0.2) is 0 Å². The molecule has 0 aromatic heterocycles. The van der Waals surface area contributed by atoms with Gasteiger partial charge in [0, 0.05) is 0 Å². The molecule has 0 unspecified atom stereocenters. The summed E-state index contributed by atoms with van der Waals surface area (Å²) in [6, 6.07) is 8.28. The van der Waals surface area contributed by atoms with E-state index in [4.69, 9.17) is 14.2 Å². The van der Waals surface area contributed by atoms with E-state index < -0.39 is 5.60 Å². The van der Waals surface area contributed by atoms with Gasteiger partial charge in [0.05, 0.1) is 0 Å². The van der Waals surface area contributed by atoms with E-state index in [1.165, 1.54) is 11.4 Å². The summed E-state index contributed by atoms with van der Waals surface area (Å²) in [7, 11) is 1.73. The summed E-state index contributed by atoms with van der Waals surface area (Å²) in [5.41, 5.74) is -0.579. The van der Waals surface area contributed by atoms with Crippen LogP contribution in [0.4, 0.5) is 0 Å². The Kier molecular flexibility index (Phi) is 6.48. The van der Waals surface area contributed by atoms with E-state index in [2.05, 4.69) is 32.9 Å². The minimum absolute atomic E-state index is 0.0163. The van der Waals surface area contributed by atoms with E-state index in [-0.39, 0.29) is 72.5 Å². The van der Waals surface area contributed by atoms with Crippen molar-refractivity contribution >= 4 is 31.4 Å². The van der Waals surface area contributed by atoms with Crippen LogP contribution in [-0.2, 0) is 19.1 Å². The molecule has 5 aliphatic rings. The third-order valence-electron chi connectivity index (χ3n) is 11.5. The van der Waals surface area contributed by atoms with E-state index >= 15 is 0 Å². The van der Waals surface area contributed by atoms with Crippen LogP contribution in [0.15, 0.2) is 24.3 Å². The van der Waals surface area contributed by atoms with Crippen LogP contribution in [0.5, 0.6) is 5.75 Å². The summed E-state index contributed by atoms with van der Waals surface area (Å²) in [6.07, 6.45) is 6.05. The van der Waals surface area contributed by atoms with Gasteiger partial charge in [-0.15, -0.1) is 0 Å². The number of benzene rings is 1. The van der Waals surface area contributed by atoms with Crippen molar-refractivity contribution in [1.29, 1.82) is 0 Å². The van der Waals surface area contributed by atoms with Crippen molar-refractivity contribution in [3.8, 4) is 5.75 Å². The van der Waals surface area contributed by atoms with E-state index in [0.717, 1.165) is 44.3 Å². The number of carbonyl (C=O) groups is 2. The number of hydrogen-bond acceptors (Lipinski definition) is 6. The zero-order valence-corrected chi connectivity index (χ0v) is 25.0. The van der Waals surface area contributed by atoms with Crippen molar-refractivity contribution in [2.45, 2.75) is 94.8 Å². The van der Waals surface area contributed by atoms with Crippen molar-refractivity contribution in [2.75, 3.05) is 7.11 Å². The predicted octanol–water partition coefficient (Wildman–Crippen LogP) is 4.30. The Morgan fingerprint density at radius 3 is 2.63 bits per heavy atom. The summed E-state index contributed by atoms with van der Waals surface area (Å²) < 4.78 is 19.3. The van der Waals surface area contributed by atoms with Gasteiger partial charge >= 0.3 is 233 Å². The number of ether oxygens (including phenoxy) is 3. The molecule has 7 heteroatoms. The van der Waals surface area contributed by atoms with Crippen LogP contribution in [0.25, 0.3) is 0 Å². The normalized spacial score (nSPS) is 47.3. The van der Waals surface area contributed by atoms with Crippen LogP contribution in [0.2, 0.25) is 4.31 Å². The minimum atomic E-state index is -0.643. The Morgan fingerprint density at radius 1 is 1.13 bits per heavy atom. The van der Waals surface area contributed by atoms with Crippen LogP contribution >= 0.6 is 0 Å². The SMILES string of the molecule is COc1ccccc1[Se][C@@]12CC[C@H]3[C@@H]4C[C@@H]5OC(=O)[C@@H](C)[C@@H]5[C@@]4(C)CC[C@@H]3[C@@](C)(OC(C)=O)[C@@H]1C[C@H](O)C2. The third-order valence-corrected chi connectivity index (χ3v) is 14.9. The maximum atomic E-state index is 12.7. The molecule has 4 aliphatic carbocycles. The number of carbonyl (C=O) groups excluding carboxylic acids is 2. The second-order valence-corrected chi connectivity index (χ2v) is 16.3. The van der Waals surface area contributed by atoms with Crippen molar-refractivity contribution < 1.29 is 28.9 Å². The summed E-state index contributed by atoms with van der Waals surface area (Å²) in [5.74, 6) is 2.05. The first-order valence-electron chi connectivity index (χ1n) is 14.4. The molecule has 11 atom stereocenters. The molecule has 0 bridgehead atoms. The molecule has 1 aromatic carbocycles. The number of rotatable bonds is 4. The van der Waals surface area contributed by atoms with Gasteiger partial charge in [0.2, 0.25) is 0 Å². The summed E-state index contributed by atoms with van der Waals surface area (Å²) >= 11 is 0.0379. The van der Waals surface area contributed by atoms with Gasteiger partial charge in [-0.25, -0.2) is 0 Å². The molecule has 1 heterocycles. The number of methoxy groups -OCH3 is 1. The van der Waals surface area contributed by atoms with Crippen LogP contribution in [0.1, 0.15) is 72.6 Å². The van der Waals surface area contributed by atoms with Gasteiger partial charge in [0.1, 0.15) is 0 Å². The Balaban J connectivity index is 1.42. The molecule has 0 amide bonds. The Labute approximate surface area is 232 Å². The number of hydrogen-bond donors (Lipinski definition) is 1. The summed E-state index contributed by atoms with van der Waals surface area (Å²) in [5, 5.41) is 11.1. The molecule has 1 N–H and O–H groups in total. The molecule has 6 nitrogen and oxygen atoms in total. The number of esters is 2. The Morgan fingerprint density at radius 2 is 1.89 bits per heavy atom. The zero-order chi connectivity index (χ0) is 27.0. The number of aliphatic hydroxyl groups excluding tert-OH is 1. The van der Waals surface area contributed by atoms with Gasteiger partial charge < -0.3 is 0 Å². The molecule has 0 spiro atoms. The first kappa shape index (κ1) is 26.7. The molecule has 1 saturated heterocycles. The molecule has 4 saturated carbocycles. The zero-order valence-electron chi connectivity index (χ0n) is 23.3. The molecule has 38 heavy (non-hydrogen) atoms. The molecule has 5 fully saturated rings. The first-order valence-corrected chi connectivity index (χ1v) is 16.1. The fourth-order valence-electron chi connectivity index (χ4n) is 10.2. The Hall–Kier alpha value is -1.56. The fraction of sp³-hybridized carbons (Fsp3) is 0.742. The summed E-state index contributed by atoms with van der Waals surface area (Å²) in [6.45, 7) is 8.19. The molecule has 208 valence electrons. The quantitative estimate of drug-likeness (QED) is 0.417. The molecule has 1 aromatic rings. The van der Waals surface area contributed by atoms with E-state index in [1.54, 1.807) is 7.11 Å². The van der Waals surface area contributed by atoms with Gasteiger partial charge in [-0.05, 0) is 0 Å². The number of para-hydroxylation sites is 1. The van der Waals surface area contributed by atoms with Gasteiger partial charge in [-0.1, -0.05) is 0 Å². The van der Waals surface area contributed by atoms with Crippen LogP contribution in [0, 0.1) is 40.9 Å². The molecule has 0 radical (unpaired) electrons. The molecule has 6 rings (SSSR count). The second-order valence-electron chi connectivity index (χ2n) is 13.2. The first-order chi connectivity index (χ1) is 18.0. The second kappa shape index (κ2) is 9.24. The maximum absolute atomic E-state index is 12.7. The average molecular weight is 590 g/mol. The van der Waals surface area contributed by atoms with Gasteiger partial charge in [0.25, 0.3) is 0 Å². The fourth-order valence-corrected chi connectivity index (χ4v) is 14.0. The average Bonchev–Trinajstić information content (AvgIpc) is 3.43. The standard InChI is InChI=1S/C31H42O6Se/c1-17-27-24(36-28(17)34)15-22-20-10-13-31(38-25-9-7-6-8-23(25)35-5)16-19(33)14-26(31)30(4,37-18(2)32)21(20)11-12-29(22,27)3/h6-9,17,19-22,24,26-27,33H,10-16H2,1-5H3/t17-,19-,20+,21-,22-,24-,26-,27-,29-,30+,31+/m0/s1. The topological polar surface area (TPSA) is 82.1 Å². The van der Waals surface area contributed by atoms with E-state index in [0.29, 0.717) is 18.3 Å². The third kappa shape index (κ3) is 3.82. The van der Waals surface area contributed by atoms with Gasteiger partial charge in [-0.2, -0.15) is 0 Å². The predicted molar refractivity (Wildman–Crippen MR) is 144 cm³/mol. The number of aliphatic hydroxyl groups is 1. The van der Waals surface area contributed by atoms with Crippen molar-refractivity contribution in [1.82, 2.24) is 0 Å². The molecular formula is C31H42O6Se. The van der Waals surface area contributed by atoms with Crippen LogP contribution < -0.4 is 9.20 Å². The van der Waals surface area contributed by atoms with E-state index in [1.807, 2.05) is 12.1 Å².